The van der Waals surface area contributed by atoms with Gasteiger partial charge in [0.05, 0.1) is 5.69 Å². The van der Waals surface area contributed by atoms with E-state index in [9.17, 15) is 21.6 Å². The average molecular weight is 446 g/mol. The first kappa shape index (κ1) is 21.5. The third-order valence-electron chi connectivity index (χ3n) is 5.94. The van der Waals surface area contributed by atoms with Crippen LogP contribution in [0.4, 0.5) is 13.2 Å². The lowest BCUT2D eigenvalue weighted by molar-refractivity contribution is -0.142. The normalized spacial score (nSPS) is 20.6. The summed E-state index contributed by atoms with van der Waals surface area (Å²) in [7, 11) is -3.45. The lowest BCUT2D eigenvalue weighted by Crippen LogP contribution is -2.45. The maximum atomic E-state index is 13.6. The SMILES string of the molecule is CC(C)c1cc(C(F)(F)F)n2nc(C3CCN(S(=O)(=O)N4CCCC4)CC3)cc2n1. The number of alkyl halides is 3. The van der Waals surface area contributed by atoms with Gasteiger partial charge in [-0.2, -0.15) is 35.3 Å². The Morgan fingerprint density at radius 2 is 1.63 bits per heavy atom. The van der Waals surface area contributed by atoms with Crippen LogP contribution in [-0.4, -0.2) is 57.8 Å². The maximum absolute atomic E-state index is 13.6. The second kappa shape index (κ2) is 7.76. The zero-order valence-corrected chi connectivity index (χ0v) is 17.9. The molecular formula is C19H26F3N5O2S. The van der Waals surface area contributed by atoms with E-state index in [-0.39, 0.29) is 17.5 Å². The summed E-state index contributed by atoms with van der Waals surface area (Å²) in [6, 6.07) is 2.66. The first-order chi connectivity index (χ1) is 14.1. The molecule has 0 spiro atoms. The molecule has 11 heteroatoms. The predicted octanol–water partition coefficient (Wildman–Crippen LogP) is 3.39. The quantitative estimate of drug-likeness (QED) is 0.723. The molecule has 2 saturated heterocycles. The maximum Gasteiger partial charge on any atom is 0.433 e. The van der Waals surface area contributed by atoms with Crippen molar-refractivity contribution in [2.45, 2.75) is 57.5 Å². The van der Waals surface area contributed by atoms with Gasteiger partial charge < -0.3 is 0 Å². The van der Waals surface area contributed by atoms with Crippen molar-refractivity contribution in [2.75, 3.05) is 26.2 Å². The van der Waals surface area contributed by atoms with Gasteiger partial charge in [0.2, 0.25) is 0 Å². The van der Waals surface area contributed by atoms with E-state index in [2.05, 4.69) is 10.1 Å². The third kappa shape index (κ3) is 3.94. The summed E-state index contributed by atoms with van der Waals surface area (Å²) >= 11 is 0. The van der Waals surface area contributed by atoms with Gasteiger partial charge in [-0.1, -0.05) is 13.8 Å². The van der Waals surface area contributed by atoms with Gasteiger partial charge in [-0.15, -0.1) is 0 Å². The van der Waals surface area contributed by atoms with E-state index in [0.717, 1.165) is 23.4 Å². The molecule has 0 radical (unpaired) electrons. The van der Waals surface area contributed by atoms with Crippen LogP contribution < -0.4 is 0 Å². The van der Waals surface area contributed by atoms with Gasteiger partial charge in [-0.25, -0.2) is 9.50 Å². The molecule has 0 bridgehead atoms. The van der Waals surface area contributed by atoms with E-state index < -0.39 is 22.1 Å². The number of halogens is 3. The molecule has 0 aliphatic carbocycles. The summed E-state index contributed by atoms with van der Waals surface area (Å²) in [6.07, 6.45) is -1.74. The average Bonchev–Trinajstić information content (AvgIpc) is 3.36. The Morgan fingerprint density at radius 1 is 1.03 bits per heavy atom. The van der Waals surface area contributed by atoms with Crippen LogP contribution in [0, 0.1) is 0 Å². The minimum absolute atomic E-state index is 0.0969. The summed E-state index contributed by atoms with van der Waals surface area (Å²) < 4.78 is 70.1. The molecule has 7 nitrogen and oxygen atoms in total. The van der Waals surface area contributed by atoms with E-state index in [4.69, 9.17) is 0 Å². The molecule has 0 atom stereocenters. The lowest BCUT2D eigenvalue weighted by Gasteiger charge is -2.33. The third-order valence-corrected chi connectivity index (χ3v) is 7.97. The van der Waals surface area contributed by atoms with E-state index in [1.165, 1.54) is 8.61 Å². The highest BCUT2D eigenvalue weighted by molar-refractivity contribution is 7.86. The first-order valence-electron chi connectivity index (χ1n) is 10.3. The van der Waals surface area contributed by atoms with Crippen molar-refractivity contribution < 1.29 is 21.6 Å². The van der Waals surface area contributed by atoms with Crippen molar-refractivity contribution in [3.8, 4) is 0 Å². The Balaban J connectivity index is 1.57. The fraction of sp³-hybridized carbons (Fsp3) is 0.684. The van der Waals surface area contributed by atoms with Crippen LogP contribution in [0.25, 0.3) is 5.65 Å². The Morgan fingerprint density at radius 3 is 2.20 bits per heavy atom. The summed E-state index contributed by atoms with van der Waals surface area (Å²) in [4.78, 5) is 4.36. The van der Waals surface area contributed by atoms with E-state index in [1.807, 2.05) is 0 Å². The monoisotopic (exact) mass is 445 g/mol. The van der Waals surface area contributed by atoms with Crippen molar-refractivity contribution in [1.29, 1.82) is 0 Å². The fourth-order valence-electron chi connectivity index (χ4n) is 4.17. The van der Waals surface area contributed by atoms with E-state index >= 15 is 0 Å². The Hall–Kier alpha value is -1.72. The smallest absolute Gasteiger partial charge is 0.233 e. The van der Waals surface area contributed by atoms with Crippen LogP contribution in [0.5, 0.6) is 0 Å². The van der Waals surface area contributed by atoms with Gasteiger partial charge in [0.1, 0.15) is 5.69 Å². The number of hydrogen-bond acceptors (Lipinski definition) is 4. The highest BCUT2D eigenvalue weighted by Crippen LogP contribution is 2.34. The molecule has 2 aliphatic rings. The fourth-order valence-corrected chi connectivity index (χ4v) is 5.89. The zero-order chi connectivity index (χ0) is 21.7. The van der Waals surface area contributed by atoms with Gasteiger partial charge in [0.15, 0.2) is 5.65 Å². The van der Waals surface area contributed by atoms with Crippen molar-refractivity contribution in [3.63, 3.8) is 0 Å². The summed E-state index contributed by atoms with van der Waals surface area (Å²) in [6.45, 7) is 5.39. The second-order valence-electron chi connectivity index (χ2n) is 8.35. The van der Waals surface area contributed by atoms with Crippen molar-refractivity contribution in [3.05, 3.63) is 29.2 Å². The molecule has 2 aliphatic heterocycles. The number of piperidine rings is 1. The topological polar surface area (TPSA) is 70.8 Å². The molecule has 4 heterocycles. The van der Waals surface area contributed by atoms with Crippen LogP contribution in [0.2, 0.25) is 0 Å². The molecule has 0 amide bonds. The van der Waals surface area contributed by atoms with Crippen molar-refractivity contribution >= 4 is 15.9 Å². The van der Waals surface area contributed by atoms with E-state index in [0.29, 0.717) is 50.4 Å². The highest BCUT2D eigenvalue weighted by Gasteiger charge is 2.37. The molecule has 0 aromatic carbocycles. The minimum Gasteiger partial charge on any atom is -0.233 e. The van der Waals surface area contributed by atoms with Gasteiger partial charge in [0, 0.05) is 43.9 Å². The number of aromatic nitrogens is 3. The molecule has 30 heavy (non-hydrogen) atoms. The molecule has 0 N–H and O–H groups in total. The van der Waals surface area contributed by atoms with Crippen LogP contribution in [0.1, 0.15) is 68.4 Å². The molecule has 0 saturated carbocycles. The molecule has 166 valence electrons. The van der Waals surface area contributed by atoms with Crippen LogP contribution in [0.15, 0.2) is 12.1 Å². The Bertz CT molecular complexity index is 1020. The van der Waals surface area contributed by atoms with Gasteiger partial charge >= 0.3 is 6.18 Å². The molecule has 4 rings (SSSR count). The van der Waals surface area contributed by atoms with Crippen LogP contribution in [0.3, 0.4) is 0 Å². The molecule has 2 aromatic heterocycles. The highest BCUT2D eigenvalue weighted by atomic mass is 32.2. The van der Waals surface area contributed by atoms with Crippen molar-refractivity contribution in [2.24, 2.45) is 0 Å². The Kier molecular flexibility index (Phi) is 5.56. The van der Waals surface area contributed by atoms with Gasteiger partial charge in [-0.05, 0) is 37.7 Å². The molecule has 0 unspecified atom stereocenters. The summed E-state index contributed by atoms with van der Waals surface area (Å²) in [5, 5.41) is 4.22. The summed E-state index contributed by atoms with van der Waals surface area (Å²) in [5.41, 5.74) is 0.243. The first-order valence-corrected chi connectivity index (χ1v) is 11.7. The van der Waals surface area contributed by atoms with Gasteiger partial charge in [-0.3, -0.25) is 0 Å². The number of hydrogen-bond donors (Lipinski definition) is 0. The zero-order valence-electron chi connectivity index (χ0n) is 17.1. The van der Waals surface area contributed by atoms with E-state index in [1.54, 1.807) is 19.9 Å². The van der Waals surface area contributed by atoms with Crippen molar-refractivity contribution in [1.82, 2.24) is 23.2 Å². The standard InChI is InChI=1S/C19H26F3N5O2S/c1-13(2)15-11-17(19(20,21)22)27-18(23-15)12-16(24-27)14-5-9-26(10-6-14)30(28,29)25-7-3-4-8-25/h11-14H,3-10H2,1-2H3. The lowest BCUT2D eigenvalue weighted by atomic mass is 9.95. The summed E-state index contributed by atoms with van der Waals surface area (Å²) in [5.74, 6) is -0.242. The number of rotatable bonds is 4. The number of fused-ring (bicyclic) bond motifs is 1. The predicted molar refractivity (Wildman–Crippen MR) is 105 cm³/mol. The van der Waals surface area contributed by atoms with Crippen LogP contribution in [-0.2, 0) is 16.4 Å². The molecule has 2 aromatic rings. The van der Waals surface area contributed by atoms with Crippen LogP contribution >= 0.6 is 0 Å². The largest absolute Gasteiger partial charge is 0.433 e. The van der Waals surface area contributed by atoms with Gasteiger partial charge in [0.25, 0.3) is 10.2 Å². The molecule has 2 fully saturated rings. The Labute approximate surface area is 174 Å². The molecular weight excluding hydrogens is 419 g/mol. The number of nitrogens with zero attached hydrogens (tertiary/aromatic N) is 5. The minimum atomic E-state index is -4.54. The second-order valence-corrected chi connectivity index (χ2v) is 10.3.